The lowest BCUT2D eigenvalue weighted by Crippen LogP contribution is -2.25. The largest absolute Gasteiger partial charge is 0.462 e. The van der Waals surface area contributed by atoms with Crippen molar-refractivity contribution in [3.8, 4) is 0 Å². The van der Waals surface area contributed by atoms with Gasteiger partial charge in [0.05, 0.1) is 18.7 Å². The number of rotatable bonds is 4. The standard InChI is InChI=1S/C25H22N2O3/c1-3-30-25(29)18-12-14-20(15-13-18)27-16-19-9-5-7-11-22(19)23(27)26-24(28)21-10-6-4-8-17(21)2/h4-15H,3,16H2,1-2H3. The molecule has 150 valence electrons. The predicted molar refractivity (Wildman–Crippen MR) is 117 cm³/mol. The molecule has 0 fully saturated rings. The summed E-state index contributed by atoms with van der Waals surface area (Å²) in [5.41, 5.74) is 4.87. The van der Waals surface area contributed by atoms with Gasteiger partial charge in [-0.2, -0.15) is 4.99 Å². The van der Waals surface area contributed by atoms with Crippen LogP contribution in [-0.4, -0.2) is 24.3 Å². The fourth-order valence-corrected chi connectivity index (χ4v) is 3.56. The number of amides is 1. The topological polar surface area (TPSA) is 59.0 Å². The fourth-order valence-electron chi connectivity index (χ4n) is 3.56. The SMILES string of the molecule is CCOC(=O)c1ccc(N2Cc3ccccc3C2=NC(=O)c2ccccc2C)cc1. The summed E-state index contributed by atoms with van der Waals surface area (Å²) in [6.45, 7) is 4.62. The van der Waals surface area contributed by atoms with Crippen molar-refractivity contribution in [2.45, 2.75) is 20.4 Å². The second-order valence-corrected chi connectivity index (χ2v) is 7.07. The van der Waals surface area contributed by atoms with Gasteiger partial charge in [-0.15, -0.1) is 0 Å². The van der Waals surface area contributed by atoms with Gasteiger partial charge in [-0.1, -0.05) is 42.5 Å². The summed E-state index contributed by atoms with van der Waals surface area (Å²) in [5, 5.41) is 0. The molecular weight excluding hydrogens is 376 g/mol. The number of amidine groups is 1. The molecule has 0 atom stereocenters. The maximum atomic E-state index is 12.9. The van der Waals surface area contributed by atoms with Gasteiger partial charge in [0.15, 0.2) is 0 Å². The molecule has 0 N–H and O–H groups in total. The zero-order valence-electron chi connectivity index (χ0n) is 17.0. The van der Waals surface area contributed by atoms with Crippen LogP contribution in [0.2, 0.25) is 0 Å². The molecule has 30 heavy (non-hydrogen) atoms. The molecule has 0 unspecified atom stereocenters. The maximum Gasteiger partial charge on any atom is 0.338 e. The molecule has 0 saturated heterocycles. The van der Waals surface area contributed by atoms with Crippen LogP contribution in [0.15, 0.2) is 77.8 Å². The van der Waals surface area contributed by atoms with Gasteiger partial charge >= 0.3 is 5.97 Å². The summed E-state index contributed by atoms with van der Waals surface area (Å²) in [6.07, 6.45) is 0. The molecule has 0 aromatic heterocycles. The molecule has 1 aliphatic heterocycles. The van der Waals surface area contributed by atoms with E-state index in [0.717, 1.165) is 22.4 Å². The van der Waals surface area contributed by atoms with Crippen LogP contribution in [0.1, 0.15) is 44.3 Å². The lowest BCUT2D eigenvalue weighted by Gasteiger charge is -2.19. The number of aryl methyl sites for hydroxylation is 1. The van der Waals surface area contributed by atoms with Gasteiger partial charge in [0.25, 0.3) is 5.91 Å². The molecule has 0 radical (unpaired) electrons. The highest BCUT2D eigenvalue weighted by Crippen LogP contribution is 2.29. The molecule has 0 aliphatic carbocycles. The van der Waals surface area contributed by atoms with E-state index in [9.17, 15) is 9.59 Å². The Balaban J connectivity index is 1.72. The van der Waals surface area contributed by atoms with E-state index < -0.39 is 0 Å². The number of carbonyl (C=O) groups is 2. The Morgan fingerprint density at radius 2 is 1.67 bits per heavy atom. The number of ether oxygens (including phenoxy) is 1. The number of carbonyl (C=O) groups excluding carboxylic acids is 2. The van der Waals surface area contributed by atoms with Crippen molar-refractivity contribution < 1.29 is 14.3 Å². The molecule has 1 amide bonds. The Morgan fingerprint density at radius 1 is 0.967 bits per heavy atom. The van der Waals surface area contributed by atoms with Crippen molar-refractivity contribution in [3.05, 3.63) is 101 Å². The van der Waals surface area contributed by atoms with E-state index in [1.165, 1.54) is 0 Å². The van der Waals surface area contributed by atoms with Crippen molar-refractivity contribution in [3.63, 3.8) is 0 Å². The van der Waals surface area contributed by atoms with Gasteiger partial charge in [0.1, 0.15) is 5.84 Å². The van der Waals surface area contributed by atoms with Gasteiger partial charge in [-0.3, -0.25) is 4.79 Å². The first-order valence-electron chi connectivity index (χ1n) is 9.90. The highest BCUT2D eigenvalue weighted by Gasteiger charge is 2.27. The molecule has 0 bridgehead atoms. The Morgan fingerprint density at radius 3 is 2.40 bits per heavy atom. The Hall–Kier alpha value is -3.73. The number of fused-ring (bicyclic) bond motifs is 1. The average molecular weight is 398 g/mol. The predicted octanol–water partition coefficient (Wildman–Crippen LogP) is 4.78. The third kappa shape index (κ3) is 3.74. The summed E-state index contributed by atoms with van der Waals surface area (Å²) < 4.78 is 5.06. The number of nitrogens with zero attached hydrogens (tertiary/aromatic N) is 2. The second-order valence-electron chi connectivity index (χ2n) is 7.07. The van der Waals surface area contributed by atoms with Crippen molar-refractivity contribution in [2.24, 2.45) is 4.99 Å². The van der Waals surface area contributed by atoms with Crippen LogP contribution in [0, 0.1) is 6.92 Å². The second kappa shape index (κ2) is 8.33. The summed E-state index contributed by atoms with van der Waals surface area (Å²) in [4.78, 5) is 31.4. The highest BCUT2D eigenvalue weighted by molar-refractivity contribution is 6.19. The molecule has 1 heterocycles. The quantitative estimate of drug-likeness (QED) is 0.594. The zero-order chi connectivity index (χ0) is 21.1. The normalized spacial score (nSPS) is 13.9. The number of aliphatic imine (C=N–C) groups is 1. The Bertz CT molecular complexity index is 1130. The van der Waals surface area contributed by atoms with Crippen LogP contribution in [0.3, 0.4) is 0 Å². The van der Waals surface area contributed by atoms with Crippen molar-refractivity contribution in [1.29, 1.82) is 0 Å². The minimum atomic E-state index is -0.350. The van der Waals surface area contributed by atoms with E-state index in [1.54, 1.807) is 25.1 Å². The first-order chi connectivity index (χ1) is 14.6. The molecule has 5 heteroatoms. The van der Waals surface area contributed by atoms with Crippen LogP contribution in [-0.2, 0) is 11.3 Å². The average Bonchev–Trinajstić information content (AvgIpc) is 3.13. The third-order valence-electron chi connectivity index (χ3n) is 5.12. The van der Waals surface area contributed by atoms with E-state index in [2.05, 4.69) is 4.99 Å². The summed E-state index contributed by atoms with van der Waals surface area (Å²) >= 11 is 0. The first kappa shape index (κ1) is 19.6. The molecule has 5 nitrogen and oxygen atoms in total. The van der Waals surface area contributed by atoms with Gasteiger partial charge in [-0.05, 0) is 55.3 Å². The number of hydrogen-bond donors (Lipinski definition) is 0. The smallest absolute Gasteiger partial charge is 0.338 e. The van der Waals surface area contributed by atoms with Crippen LogP contribution in [0.25, 0.3) is 0 Å². The molecule has 0 saturated carbocycles. The van der Waals surface area contributed by atoms with Crippen molar-refractivity contribution in [1.82, 2.24) is 0 Å². The van der Waals surface area contributed by atoms with Crippen molar-refractivity contribution in [2.75, 3.05) is 11.5 Å². The van der Waals surface area contributed by atoms with Gasteiger partial charge in [0.2, 0.25) is 0 Å². The number of esters is 1. The maximum absolute atomic E-state index is 12.9. The number of anilines is 1. The van der Waals surface area contributed by atoms with Gasteiger partial charge < -0.3 is 9.64 Å². The van der Waals surface area contributed by atoms with Gasteiger partial charge in [0, 0.05) is 16.8 Å². The van der Waals surface area contributed by atoms with Crippen LogP contribution in [0.4, 0.5) is 5.69 Å². The number of hydrogen-bond acceptors (Lipinski definition) is 3. The molecule has 1 aliphatic rings. The summed E-state index contributed by atoms with van der Waals surface area (Å²) in [7, 11) is 0. The van der Waals surface area contributed by atoms with E-state index in [1.807, 2.05) is 66.4 Å². The monoisotopic (exact) mass is 398 g/mol. The van der Waals surface area contributed by atoms with Gasteiger partial charge in [-0.25, -0.2) is 4.79 Å². The van der Waals surface area contributed by atoms with E-state index in [0.29, 0.717) is 30.1 Å². The van der Waals surface area contributed by atoms with Crippen LogP contribution < -0.4 is 4.90 Å². The highest BCUT2D eigenvalue weighted by atomic mass is 16.5. The summed E-state index contributed by atoms with van der Waals surface area (Å²) in [6, 6.07) is 22.6. The lowest BCUT2D eigenvalue weighted by molar-refractivity contribution is 0.0526. The minimum Gasteiger partial charge on any atom is -0.462 e. The Labute approximate surface area is 175 Å². The third-order valence-corrected chi connectivity index (χ3v) is 5.12. The van der Waals surface area contributed by atoms with E-state index >= 15 is 0 Å². The van der Waals surface area contributed by atoms with E-state index in [4.69, 9.17) is 4.74 Å². The van der Waals surface area contributed by atoms with Crippen molar-refractivity contribution >= 4 is 23.4 Å². The van der Waals surface area contributed by atoms with Crippen LogP contribution >= 0.6 is 0 Å². The minimum absolute atomic E-state index is 0.270. The molecule has 3 aromatic carbocycles. The Kier molecular flexibility index (Phi) is 5.44. The van der Waals surface area contributed by atoms with Crippen LogP contribution in [0.5, 0.6) is 0 Å². The molecular formula is C25H22N2O3. The lowest BCUT2D eigenvalue weighted by atomic mass is 10.1. The fraction of sp³-hybridized carbons (Fsp3) is 0.160. The molecule has 0 spiro atoms. The van der Waals surface area contributed by atoms with E-state index in [-0.39, 0.29) is 11.9 Å². The number of benzene rings is 3. The molecule has 3 aromatic rings. The first-order valence-corrected chi connectivity index (χ1v) is 9.90. The molecule has 4 rings (SSSR count). The summed E-state index contributed by atoms with van der Waals surface area (Å²) in [5.74, 6) is -0.00642. The zero-order valence-corrected chi connectivity index (χ0v) is 17.0.